The molecule has 0 atom stereocenters. The number of anilines is 1. The fourth-order valence-corrected chi connectivity index (χ4v) is 2.63. The zero-order valence-corrected chi connectivity index (χ0v) is 12.1. The smallest absolute Gasteiger partial charge is 0.345 e. The number of aromatic carboxylic acids is 1. The molecule has 5 heteroatoms. The van der Waals surface area contributed by atoms with E-state index in [0.717, 1.165) is 0 Å². The van der Waals surface area contributed by atoms with Crippen molar-refractivity contribution < 1.29 is 14.3 Å². The summed E-state index contributed by atoms with van der Waals surface area (Å²) in [4.78, 5) is 24.2. The van der Waals surface area contributed by atoms with Gasteiger partial charge < -0.3 is 15.3 Å². The lowest BCUT2D eigenvalue weighted by Crippen LogP contribution is -2.13. The fourth-order valence-electron chi connectivity index (χ4n) is 2.63. The molecule has 3 N–H and O–H groups in total. The lowest BCUT2D eigenvalue weighted by molar-refractivity contribution is 0.0699. The van der Waals surface area contributed by atoms with Crippen LogP contribution in [0.15, 0.2) is 58.3 Å². The fraction of sp³-hybridized carbons (Fsp3) is 0. The molecule has 2 aromatic carbocycles. The Balaban J connectivity index is 2.56. The molecule has 0 aliphatic rings. The minimum absolute atomic E-state index is 0.0125. The van der Waals surface area contributed by atoms with Gasteiger partial charge in [-0.3, -0.25) is 0 Å². The molecular formula is C18H13NO4. The topological polar surface area (TPSA) is 93.5 Å². The van der Waals surface area contributed by atoms with E-state index in [2.05, 4.69) is 6.58 Å². The average Bonchev–Trinajstić information content (AvgIpc) is 2.53. The van der Waals surface area contributed by atoms with Crippen molar-refractivity contribution in [3.05, 3.63) is 70.6 Å². The summed E-state index contributed by atoms with van der Waals surface area (Å²) in [6, 6.07) is 11.6. The van der Waals surface area contributed by atoms with Crippen LogP contribution in [-0.4, -0.2) is 11.1 Å². The lowest BCUT2D eigenvalue weighted by atomic mass is 9.95. The molecule has 0 spiro atoms. The second-order valence-electron chi connectivity index (χ2n) is 5.00. The summed E-state index contributed by atoms with van der Waals surface area (Å²) in [7, 11) is 0. The SMILES string of the molecule is C=Cc1cc(N)cc2oc(=O)c(-c3ccccc3)c(C(=O)O)c12. The van der Waals surface area contributed by atoms with Crippen LogP contribution in [0.5, 0.6) is 0 Å². The molecule has 0 unspecified atom stereocenters. The van der Waals surface area contributed by atoms with Crippen LogP contribution >= 0.6 is 0 Å². The lowest BCUT2D eigenvalue weighted by Gasteiger charge is -2.11. The predicted octanol–water partition coefficient (Wildman–Crippen LogP) is 3.38. The van der Waals surface area contributed by atoms with E-state index >= 15 is 0 Å². The summed E-state index contributed by atoms with van der Waals surface area (Å²) in [6.45, 7) is 3.68. The zero-order chi connectivity index (χ0) is 16.6. The Bertz CT molecular complexity index is 987. The van der Waals surface area contributed by atoms with Gasteiger partial charge in [0, 0.05) is 17.1 Å². The highest BCUT2D eigenvalue weighted by Crippen LogP contribution is 2.31. The van der Waals surface area contributed by atoms with Gasteiger partial charge >= 0.3 is 11.6 Å². The minimum Gasteiger partial charge on any atom is -0.478 e. The van der Waals surface area contributed by atoms with E-state index in [1.165, 1.54) is 12.1 Å². The summed E-state index contributed by atoms with van der Waals surface area (Å²) in [6.07, 6.45) is 1.49. The predicted molar refractivity (Wildman–Crippen MR) is 89.4 cm³/mol. The van der Waals surface area contributed by atoms with Gasteiger partial charge in [0.25, 0.3) is 0 Å². The van der Waals surface area contributed by atoms with Crippen LogP contribution in [0.25, 0.3) is 28.2 Å². The minimum atomic E-state index is -1.21. The van der Waals surface area contributed by atoms with Crippen molar-refractivity contribution in [1.29, 1.82) is 0 Å². The Morgan fingerprint density at radius 2 is 1.91 bits per heavy atom. The van der Waals surface area contributed by atoms with Gasteiger partial charge in [-0.25, -0.2) is 9.59 Å². The number of rotatable bonds is 3. The average molecular weight is 307 g/mol. The van der Waals surface area contributed by atoms with Crippen LogP contribution < -0.4 is 11.4 Å². The molecule has 0 amide bonds. The number of fused-ring (bicyclic) bond motifs is 1. The second-order valence-corrected chi connectivity index (χ2v) is 5.00. The largest absolute Gasteiger partial charge is 0.478 e. The van der Waals surface area contributed by atoms with Gasteiger partial charge in [-0.15, -0.1) is 0 Å². The quantitative estimate of drug-likeness (QED) is 0.571. The molecule has 3 rings (SSSR count). The molecule has 0 aliphatic heterocycles. The van der Waals surface area contributed by atoms with Gasteiger partial charge in [-0.05, 0) is 17.2 Å². The summed E-state index contributed by atoms with van der Waals surface area (Å²) >= 11 is 0. The Kier molecular flexibility index (Phi) is 3.46. The van der Waals surface area contributed by atoms with Crippen molar-refractivity contribution >= 4 is 28.7 Å². The van der Waals surface area contributed by atoms with Crippen molar-refractivity contribution in [3.63, 3.8) is 0 Å². The summed E-state index contributed by atoms with van der Waals surface area (Å²) in [5, 5.41) is 10.00. The number of hydrogen-bond donors (Lipinski definition) is 2. The number of carboxylic acids is 1. The Morgan fingerprint density at radius 1 is 1.22 bits per heavy atom. The molecule has 1 heterocycles. The molecule has 0 aliphatic carbocycles. The molecular weight excluding hydrogens is 294 g/mol. The number of carbonyl (C=O) groups is 1. The Morgan fingerprint density at radius 3 is 2.52 bits per heavy atom. The second kappa shape index (κ2) is 5.46. The highest BCUT2D eigenvalue weighted by atomic mass is 16.4. The van der Waals surface area contributed by atoms with E-state index in [9.17, 15) is 14.7 Å². The molecule has 23 heavy (non-hydrogen) atoms. The van der Waals surface area contributed by atoms with Gasteiger partial charge in [0.2, 0.25) is 0 Å². The maximum Gasteiger partial charge on any atom is 0.345 e. The summed E-state index contributed by atoms with van der Waals surface area (Å²) < 4.78 is 5.31. The van der Waals surface area contributed by atoms with Crippen LogP contribution in [0.2, 0.25) is 0 Å². The zero-order valence-electron chi connectivity index (χ0n) is 12.1. The normalized spacial score (nSPS) is 10.6. The molecule has 3 aromatic rings. The van der Waals surface area contributed by atoms with Crippen molar-refractivity contribution in [2.24, 2.45) is 0 Å². The highest BCUT2D eigenvalue weighted by Gasteiger charge is 2.23. The Hall–Kier alpha value is -3.34. The molecule has 0 bridgehead atoms. The first-order valence-electron chi connectivity index (χ1n) is 6.84. The van der Waals surface area contributed by atoms with E-state index in [4.69, 9.17) is 10.2 Å². The maximum absolute atomic E-state index is 12.4. The van der Waals surface area contributed by atoms with Crippen molar-refractivity contribution in [2.75, 3.05) is 5.73 Å². The third-order valence-electron chi connectivity index (χ3n) is 3.56. The van der Waals surface area contributed by atoms with Gasteiger partial charge in [0.15, 0.2) is 0 Å². The summed E-state index contributed by atoms with van der Waals surface area (Å²) in [5.41, 5.74) is 6.41. The van der Waals surface area contributed by atoms with Gasteiger partial charge in [-0.1, -0.05) is 43.0 Å². The standard InChI is InChI=1S/C18H13NO4/c1-2-10-8-12(19)9-13-14(10)16(17(20)21)15(18(22)23-13)11-6-4-3-5-7-11/h2-9H,1,19H2,(H,20,21). The van der Waals surface area contributed by atoms with Crippen LogP contribution in [0.1, 0.15) is 15.9 Å². The first kappa shape index (κ1) is 14.6. The van der Waals surface area contributed by atoms with Crippen LogP contribution in [-0.2, 0) is 0 Å². The number of nitrogens with two attached hydrogens (primary N) is 1. The maximum atomic E-state index is 12.4. The number of carboxylic acid groups (broad SMARTS) is 1. The molecule has 0 fully saturated rings. The first-order valence-corrected chi connectivity index (χ1v) is 6.84. The third-order valence-corrected chi connectivity index (χ3v) is 3.56. The highest BCUT2D eigenvalue weighted by molar-refractivity contribution is 6.10. The summed E-state index contributed by atoms with van der Waals surface area (Å²) in [5.74, 6) is -1.21. The molecule has 114 valence electrons. The van der Waals surface area contributed by atoms with Crippen LogP contribution in [0.4, 0.5) is 5.69 Å². The van der Waals surface area contributed by atoms with E-state index in [0.29, 0.717) is 22.2 Å². The molecule has 0 radical (unpaired) electrons. The van der Waals surface area contributed by atoms with E-state index in [1.54, 1.807) is 36.4 Å². The van der Waals surface area contributed by atoms with E-state index in [-0.39, 0.29) is 16.7 Å². The molecule has 1 aromatic heterocycles. The van der Waals surface area contributed by atoms with Crippen molar-refractivity contribution in [2.45, 2.75) is 0 Å². The number of hydrogen-bond acceptors (Lipinski definition) is 4. The van der Waals surface area contributed by atoms with Gasteiger partial charge in [-0.2, -0.15) is 0 Å². The van der Waals surface area contributed by atoms with Crippen LogP contribution in [0, 0.1) is 0 Å². The monoisotopic (exact) mass is 307 g/mol. The number of benzene rings is 2. The first-order chi connectivity index (χ1) is 11.0. The molecule has 5 nitrogen and oxygen atoms in total. The van der Waals surface area contributed by atoms with Crippen molar-refractivity contribution in [1.82, 2.24) is 0 Å². The van der Waals surface area contributed by atoms with E-state index in [1.807, 2.05) is 0 Å². The van der Waals surface area contributed by atoms with Crippen LogP contribution in [0.3, 0.4) is 0 Å². The third kappa shape index (κ3) is 2.38. The number of nitrogen functional groups attached to an aromatic ring is 1. The van der Waals surface area contributed by atoms with Crippen molar-refractivity contribution in [3.8, 4) is 11.1 Å². The van der Waals surface area contributed by atoms with Gasteiger partial charge in [0.1, 0.15) is 5.58 Å². The van der Waals surface area contributed by atoms with E-state index < -0.39 is 11.6 Å². The molecule has 0 saturated carbocycles. The van der Waals surface area contributed by atoms with Gasteiger partial charge in [0.05, 0.1) is 11.1 Å². The molecule has 0 saturated heterocycles. The Labute approximate surface area is 131 Å².